The number of aromatic nitrogens is 3. The van der Waals surface area contributed by atoms with Gasteiger partial charge in [-0.25, -0.2) is 0 Å². The second-order valence-electron chi connectivity index (χ2n) is 5.50. The van der Waals surface area contributed by atoms with E-state index >= 15 is 0 Å². The number of fused-ring (bicyclic) bond motifs is 1. The zero-order chi connectivity index (χ0) is 17.1. The number of aryl methyl sites for hydroxylation is 2. The second-order valence-corrected chi connectivity index (χ2v) is 6.51. The third kappa shape index (κ3) is 3.47. The molecule has 6 nitrogen and oxygen atoms in total. The first-order valence-corrected chi connectivity index (χ1v) is 8.66. The summed E-state index contributed by atoms with van der Waals surface area (Å²) in [5.41, 5.74) is 2.60. The van der Waals surface area contributed by atoms with Gasteiger partial charge >= 0.3 is 0 Å². The lowest BCUT2D eigenvalue weighted by Gasteiger charge is -2.05. The number of carbonyl (C=O) groups excluding carboxylic acids is 1. The molecule has 0 radical (unpaired) electrons. The van der Waals surface area contributed by atoms with E-state index in [2.05, 4.69) is 35.2 Å². The summed E-state index contributed by atoms with van der Waals surface area (Å²) in [6, 6.07) is 7.92. The first-order valence-electron chi connectivity index (χ1n) is 7.85. The Bertz CT molecular complexity index is 936. The molecule has 0 saturated heterocycles. The van der Waals surface area contributed by atoms with Gasteiger partial charge in [0.25, 0.3) is 5.91 Å². The number of ether oxygens (including phenoxy) is 1. The molecule has 3 rings (SSSR count). The maximum atomic E-state index is 12.4. The predicted octanol–water partition coefficient (Wildman–Crippen LogP) is 2.52. The van der Waals surface area contributed by atoms with Crippen molar-refractivity contribution in [1.29, 1.82) is 0 Å². The first kappa shape index (κ1) is 16.6. The molecule has 24 heavy (non-hydrogen) atoms. The van der Waals surface area contributed by atoms with Crippen molar-refractivity contribution in [3.05, 3.63) is 46.5 Å². The standard InChI is InChI=1S/C17H20N4O2S/c1-4-23-10-9-21-14-6-5-12(2)11-15(14)24-17(21)18-16(22)13-7-8-20(3)19-13/h5-8,11H,4,9-10H2,1-3H3. The molecular weight excluding hydrogens is 324 g/mol. The Morgan fingerprint density at radius 2 is 2.21 bits per heavy atom. The molecule has 0 spiro atoms. The number of carbonyl (C=O) groups is 1. The fourth-order valence-electron chi connectivity index (χ4n) is 2.46. The highest BCUT2D eigenvalue weighted by atomic mass is 32.1. The molecule has 0 aliphatic heterocycles. The third-order valence-corrected chi connectivity index (χ3v) is 4.67. The van der Waals surface area contributed by atoms with Crippen LogP contribution in [0.3, 0.4) is 0 Å². The summed E-state index contributed by atoms with van der Waals surface area (Å²) >= 11 is 1.51. The molecule has 3 aromatic rings. The van der Waals surface area contributed by atoms with Crippen molar-refractivity contribution >= 4 is 27.5 Å². The maximum absolute atomic E-state index is 12.4. The van der Waals surface area contributed by atoms with E-state index in [1.165, 1.54) is 16.9 Å². The largest absolute Gasteiger partial charge is 0.380 e. The quantitative estimate of drug-likeness (QED) is 0.668. The van der Waals surface area contributed by atoms with Crippen molar-refractivity contribution in [2.75, 3.05) is 13.2 Å². The van der Waals surface area contributed by atoms with Crippen LogP contribution in [0, 0.1) is 6.92 Å². The predicted molar refractivity (Wildman–Crippen MR) is 94.1 cm³/mol. The lowest BCUT2D eigenvalue weighted by atomic mass is 10.2. The molecule has 2 heterocycles. The smallest absolute Gasteiger partial charge is 0.300 e. The van der Waals surface area contributed by atoms with Crippen LogP contribution in [0.4, 0.5) is 0 Å². The Hall–Kier alpha value is -2.25. The van der Waals surface area contributed by atoms with Gasteiger partial charge in [-0.3, -0.25) is 9.48 Å². The van der Waals surface area contributed by atoms with Gasteiger partial charge in [-0.05, 0) is 37.6 Å². The summed E-state index contributed by atoms with van der Waals surface area (Å²) < 4.78 is 10.2. The molecule has 1 aromatic carbocycles. The van der Waals surface area contributed by atoms with Gasteiger partial charge in [0.1, 0.15) is 0 Å². The molecule has 1 amide bonds. The van der Waals surface area contributed by atoms with Crippen molar-refractivity contribution in [2.24, 2.45) is 12.0 Å². The van der Waals surface area contributed by atoms with Crippen LogP contribution >= 0.6 is 11.3 Å². The lowest BCUT2D eigenvalue weighted by Crippen LogP contribution is -2.20. The molecule has 0 aliphatic rings. The highest BCUT2D eigenvalue weighted by Gasteiger charge is 2.11. The average Bonchev–Trinajstić information content (AvgIpc) is 3.11. The maximum Gasteiger partial charge on any atom is 0.300 e. The van der Waals surface area contributed by atoms with Gasteiger partial charge in [-0.1, -0.05) is 17.4 Å². The number of benzene rings is 1. The van der Waals surface area contributed by atoms with Crippen molar-refractivity contribution in [3.63, 3.8) is 0 Å². The van der Waals surface area contributed by atoms with Gasteiger partial charge in [-0.2, -0.15) is 10.1 Å². The molecule has 126 valence electrons. The van der Waals surface area contributed by atoms with Crippen molar-refractivity contribution in [3.8, 4) is 0 Å². The number of thiazole rings is 1. The molecule has 0 atom stereocenters. The van der Waals surface area contributed by atoms with Crippen molar-refractivity contribution in [2.45, 2.75) is 20.4 Å². The highest BCUT2D eigenvalue weighted by molar-refractivity contribution is 7.16. The Morgan fingerprint density at radius 3 is 2.92 bits per heavy atom. The Balaban J connectivity index is 2.06. The minimum absolute atomic E-state index is 0.330. The third-order valence-electron chi connectivity index (χ3n) is 3.63. The lowest BCUT2D eigenvalue weighted by molar-refractivity contribution is 0.0991. The summed E-state index contributed by atoms with van der Waals surface area (Å²) in [5, 5.41) is 4.12. The van der Waals surface area contributed by atoms with Crippen LogP contribution in [0.15, 0.2) is 35.5 Å². The van der Waals surface area contributed by atoms with Crippen LogP contribution in [0.5, 0.6) is 0 Å². The van der Waals surface area contributed by atoms with E-state index in [1.807, 2.05) is 11.5 Å². The van der Waals surface area contributed by atoms with Gasteiger partial charge in [0.15, 0.2) is 10.5 Å². The van der Waals surface area contributed by atoms with E-state index in [9.17, 15) is 4.79 Å². The van der Waals surface area contributed by atoms with E-state index in [4.69, 9.17) is 4.74 Å². The zero-order valence-electron chi connectivity index (χ0n) is 14.0. The summed E-state index contributed by atoms with van der Waals surface area (Å²) in [7, 11) is 1.78. The molecule has 0 fully saturated rings. The molecular formula is C17H20N4O2S. The minimum atomic E-state index is -0.330. The molecule has 0 aliphatic carbocycles. The second kappa shape index (κ2) is 7.11. The monoisotopic (exact) mass is 344 g/mol. The Labute approximate surface area is 144 Å². The highest BCUT2D eigenvalue weighted by Crippen LogP contribution is 2.19. The Morgan fingerprint density at radius 1 is 1.38 bits per heavy atom. The van der Waals surface area contributed by atoms with Crippen LogP contribution in [0.1, 0.15) is 23.0 Å². The number of hydrogen-bond donors (Lipinski definition) is 0. The van der Waals surface area contributed by atoms with Gasteiger partial charge in [-0.15, -0.1) is 0 Å². The van der Waals surface area contributed by atoms with E-state index < -0.39 is 0 Å². The number of rotatable bonds is 5. The molecule has 0 bridgehead atoms. The molecule has 0 saturated carbocycles. The van der Waals surface area contributed by atoms with Gasteiger partial charge in [0.05, 0.1) is 16.8 Å². The van der Waals surface area contributed by atoms with E-state index in [0.29, 0.717) is 30.3 Å². The van der Waals surface area contributed by atoms with Crippen molar-refractivity contribution < 1.29 is 9.53 Å². The summed E-state index contributed by atoms with van der Waals surface area (Å²) in [6.45, 7) is 5.93. The number of nitrogens with zero attached hydrogens (tertiary/aromatic N) is 4. The van der Waals surface area contributed by atoms with Crippen LogP contribution in [-0.2, 0) is 18.3 Å². The average molecular weight is 344 g/mol. The Kier molecular flexibility index (Phi) is 4.92. The summed E-state index contributed by atoms with van der Waals surface area (Å²) in [6.07, 6.45) is 1.74. The molecule has 0 N–H and O–H groups in total. The minimum Gasteiger partial charge on any atom is -0.380 e. The first-order chi connectivity index (χ1) is 11.6. The van der Waals surface area contributed by atoms with Crippen LogP contribution in [0.25, 0.3) is 10.2 Å². The van der Waals surface area contributed by atoms with Crippen LogP contribution in [0.2, 0.25) is 0 Å². The van der Waals surface area contributed by atoms with Gasteiger partial charge < -0.3 is 9.30 Å². The topological polar surface area (TPSA) is 61.4 Å². The van der Waals surface area contributed by atoms with Crippen molar-refractivity contribution in [1.82, 2.24) is 14.3 Å². The molecule has 7 heteroatoms. The molecule has 2 aromatic heterocycles. The van der Waals surface area contributed by atoms with Gasteiger partial charge in [0, 0.05) is 26.4 Å². The normalized spacial score (nSPS) is 12.2. The van der Waals surface area contributed by atoms with Crippen LogP contribution < -0.4 is 4.80 Å². The summed E-state index contributed by atoms with van der Waals surface area (Å²) in [4.78, 5) is 17.3. The number of amides is 1. The molecule has 0 unspecified atom stereocenters. The fourth-order valence-corrected chi connectivity index (χ4v) is 3.61. The van der Waals surface area contributed by atoms with Crippen LogP contribution in [-0.4, -0.2) is 33.5 Å². The van der Waals surface area contributed by atoms with E-state index in [0.717, 1.165) is 10.2 Å². The van der Waals surface area contributed by atoms with Gasteiger partial charge in [0.2, 0.25) is 0 Å². The summed E-state index contributed by atoms with van der Waals surface area (Å²) in [5.74, 6) is -0.330. The van der Waals surface area contributed by atoms with E-state index in [-0.39, 0.29) is 5.91 Å². The number of hydrogen-bond acceptors (Lipinski definition) is 4. The SMILES string of the molecule is CCOCCn1c(=NC(=O)c2ccn(C)n2)sc2cc(C)ccc21. The fraction of sp³-hybridized carbons (Fsp3) is 0.353. The van der Waals surface area contributed by atoms with E-state index in [1.54, 1.807) is 24.0 Å². The zero-order valence-corrected chi connectivity index (χ0v) is 14.8.